The zero-order chi connectivity index (χ0) is 20.1. The number of Topliss-reactive ketones (excluding diaryl/α,β-unsaturated/α-hetero) is 1. The van der Waals surface area contributed by atoms with Crippen molar-refractivity contribution < 1.29 is 9.53 Å². The van der Waals surface area contributed by atoms with Crippen molar-refractivity contribution in [1.82, 2.24) is 4.98 Å². The molecule has 0 atom stereocenters. The molecule has 0 saturated heterocycles. The van der Waals surface area contributed by atoms with E-state index in [4.69, 9.17) is 10.00 Å². The average Bonchev–Trinajstić information content (AvgIpc) is 2.68. The third-order valence-corrected chi connectivity index (χ3v) is 4.49. The number of nitriles is 1. The summed E-state index contributed by atoms with van der Waals surface area (Å²) < 4.78 is 5.72. The smallest absolute Gasteiger partial charge is 0.251 e. The summed E-state index contributed by atoms with van der Waals surface area (Å²) in [7, 11) is 0. The summed E-state index contributed by atoms with van der Waals surface area (Å²) in [5.41, 5.74) is 3.39. The highest BCUT2D eigenvalue weighted by atomic mass is 16.5. The van der Waals surface area contributed by atoms with Gasteiger partial charge in [0.1, 0.15) is 11.5 Å². The van der Waals surface area contributed by atoms with Gasteiger partial charge in [-0.05, 0) is 80.4 Å². The van der Waals surface area contributed by atoms with E-state index >= 15 is 0 Å². The molecule has 5 heteroatoms. The van der Waals surface area contributed by atoms with Gasteiger partial charge in [-0.2, -0.15) is 5.26 Å². The lowest BCUT2D eigenvalue weighted by Gasteiger charge is -2.08. The molecular weight excluding hydrogens is 352 g/mol. The third kappa shape index (κ3) is 4.54. The molecule has 0 aliphatic carbocycles. The molecule has 2 aromatic carbocycles. The van der Waals surface area contributed by atoms with Crippen molar-refractivity contribution in [3.05, 3.63) is 92.9 Å². The van der Waals surface area contributed by atoms with Crippen LogP contribution in [0.5, 0.6) is 11.5 Å². The number of nitrogens with one attached hydrogen (secondary N) is 1. The molecule has 5 nitrogen and oxygen atoms in total. The average molecular weight is 372 g/mol. The summed E-state index contributed by atoms with van der Waals surface area (Å²) in [5, 5.41) is 8.82. The number of carbonyl (C=O) groups is 1. The maximum absolute atomic E-state index is 12.5. The van der Waals surface area contributed by atoms with Crippen molar-refractivity contribution in [3.8, 4) is 17.6 Å². The fourth-order valence-corrected chi connectivity index (χ4v) is 3.02. The van der Waals surface area contributed by atoms with Gasteiger partial charge in [-0.25, -0.2) is 0 Å². The number of pyridine rings is 1. The molecule has 0 fully saturated rings. The first kappa shape index (κ1) is 19.1. The Kier molecular flexibility index (Phi) is 5.71. The van der Waals surface area contributed by atoms with Crippen LogP contribution in [0.25, 0.3) is 0 Å². The lowest BCUT2D eigenvalue weighted by Crippen LogP contribution is -2.16. The van der Waals surface area contributed by atoms with E-state index in [1.54, 1.807) is 48.5 Å². The van der Waals surface area contributed by atoms with Crippen LogP contribution in [0.15, 0.2) is 59.4 Å². The highest BCUT2D eigenvalue weighted by molar-refractivity contribution is 5.96. The first-order valence-corrected chi connectivity index (χ1v) is 8.97. The Labute approximate surface area is 163 Å². The number of aromatic nitrogens is 1. The normalized spacial score (nSPS) is 10.3. The number of aromatic amines is 1. The Morgan fingerprint density at radius 2 is 1.64 bits per heavy atom. The van der Waals surface area contributed by atoms with E-state index < -0.39 is 0 Å². The second-order valence-electron chi connectivity index (χ2n) is 6.63. The van der Waals surface area contributed by atoms with Gasteiger partial charge < -0.3 is 9.72 Å². The zero-order valence-corrected chi connectivity index (χ0v) is 15.8. The zero-order valence-electron chi connectivity index (χ0n) is 15.8. The molecule has 3 aromatic rings. The highest BCUT2D eigenvalue weighted by Gasteiger charge is 2.11. The highest BCUT2D eigenvalue weighted by Crippen LogP contribution is 2.22. The number of benzene rings is 2. The van der Waals surface area contributed by atoms with Crippen LogP contribution in [-0.2, 0) is 6.42 Å². The summed E-state index contributed by atoms with van der Waals surface area (Å²) in [6, 6.07) is 17.7. The molecule has 1 heterocycles. The number of nitrogens with zero attached hydrogens (tertiary/aromatic N) is 1. The fourth-order valence-electron chi connectivity index (χ4n) is 3.02. The number of ether oxygens (including phenoxy) is 1. The van der Waals surface area contributed by atoms with Gasteiger partial charge in [0.2, 0.25) is 0 Å². The van der Waals surface area contributed by atoms with Crippen molar-refractivity contribution >= 4 is 5.78 Å². The number of hydrogen-bond acceptors (Lipinski definition) is 4. The van der Waals surface area contributed by atoms with E-state index in [9.17, 15) is 9.59 Å². The molecule has 1 aromatic heterocycles. The minimum Gasteiger partial charge on any atom is -0.457 e. The maximum atomic E-state index is 12.5. The Morgan fingerprint density at radius 3 is 2.21 bits per heavy atom. The summed E-state index contributed by atoms with van der Waals surface area (Å²) in [6.45, 7) is 3.72. The molecule has 140 valence electrons. The molecule has 0 aliphatic rings. The van der Waals surface area contributed by atoms with Gasteiger partial charge in [0.25, 0.3) is 5.56 Å². The van der Waals surface area contributed by atoms with Gasteiger partial charge in [0, 0.05) is 23.2 Å². The molecule has 3 rings (SSSR count). The van der Waals surface area contributed by atoms with E-state index in [1.807, 2.05) is 19.9 Å². The number of rotatable bonds is 6. The van der Waals surface area contributed by atoms with Crippen LogP contribution in [0.3, 0.4) is 0 Å². The van der Waals surface area contributed by atoms with Gasteiger partial charge in [-0.1, -0.05) is 0 Å². The van der Waals surface area contributed by atoms with Crippen molar-refractivity contribution in [1.29, 1.82) is 5.26 Å². The largest absolute Gasteiger partial charge is 0.457 e. The fraction of sp³-hybridized carbons (Fsp3) is 0.174. The van der Waals surface area contributed by atoms with Crippen LogP contribution >= 0.6 is 0 Å². The molecular formula is C23H20N2O3. The van der Waals surface area contributed by atoms with Crippen LogP contribution in [0.2, 0.25) is 0 Å². The second-order valence-corrected chi connectivity index (χ2v) is 6.63. The van der Waals surface area contributed by atoms with Crippen LogP contribution in [0.1, 0.15) is 39.2 Å². The molecule has 0 saturated carbocycles. The number of ketones is 1. The lowest BCUT2D eigenvalue weighted by molar-refractivity contribution is 0.0982. The van der Waals surface area contributed by atoms with E-state index in [-0.39, 0.29) is 17.8 Å². The number of hydrogen-bond donors (Lipinski definition) is 1. The van der Waals surface area contributed by atoms with E-state index in [0.717, 1.165) is 11.3 Å². The van der Waals surface area contributed by atoms with E-state index in [2.05, 4.69) is 11.1 Å². The third-order valence-electron chi connectivity index (χ3n) is 4.49. The van der Waals surface area contributed by atoms with Crippen molar-refractivity contribution in [3.63, 3.8) is 0 Å². The summed E-state index contributed by atoms with van der Waals surface area (Å²) in [4.78, 5) is 27.3. The van der Waals surface area contributed by atoms with Crippen molar-refractivity contribution in [2.24, 2.45) is 0 Å². The standard InChI is InChI=1S/C23H20N2O3/c1-15-13-16(2)25-23(27)21(15)11-12-22(26)18-5-9-20(10-6-18)28-19-7-3-17(14-24)4-8-19/h3-10,13H,11-12H2,1-2H3,(H,25,27). The Balaban J connectivity index is 1.63. The Hall–Kier alpha value is -3.65. The van der Waals surface area contributed by atoms with Gasteiger partial charge in [0.15, 0.2) is 5.78 Å². The minimum atomic E-state index is -0.128. The van der Waals surface area contributed by atoms with Gasteiger partial charge >= 0.3 is 0 Å². The Morgan fingerprint density at radius 1 is 1.04 bits per heavy atom. The van der Waals surface area contributed by atoms with Crippen molar-refractivity contribution in [2.45, 2.75) is 26.7 Å². The van der Waals surface area contributed by atoms with Crippen LogP contribution in [-0.4, -0.2) is 10.8 Å². The SMILES string of the molecule is Cc1cc(C)c(CCC(=O)c2ccc(Oc3ccc(C#N)cc3)cc2)c(=O)[nH]1. The quantitative estimate of drug-likeness (QED) is 0.647. The predicted molar refractivity (Wildman–Crippen MR) is 107 cm³/mol. The van der Waals surface area contributed by atoms with Crippen LogP contribution in [0, 0.1) is 25.2 Å². The first-order chi connectivity index (χ1) is 13.5. The number of carbonyl (C=O) groups excluding carboxylic acids is 1. The molecule has 0 amide bonds. The molecule has 0 spiro atoms. The van der Waals surface area contributed by atoms with E-state index in [0.29, 0.717) is 34.6 Å². The van der Waals surface area contributed by atoms with Crippen LogP contribution in [0.4, 0.5) is 0 Å². The van der Waals surface area contributed by atoms with Gasteiger partial charge in [-0.3, -0.25) is 9.59 Å². The number of aryl methyl sites for hydroxylation is 2. The Bertz CT molecular complexity index is 1090. The van der Waals surface area contributed by atoms with Gasteiger partial charge in [0.05, 0.1) is 11.6 Å². The topological polar surface area (TPSA) is 82.9 Å². The van der Waals surface area contributed by atoms with E-state index in [1.165, 1.54) is 0 Å². The summed E-state index contributed by atoms with van der Waals surface area (Å²) in [6.07, 6.45) is 0.673. The maximum Gasteiger partial charge on any atom is 0.251 e. The van der Waals surface area contributed by atoms with Crippen LogP contribution < -0.4 is 10.3 Å². The first-order valence-electron chi connectivity index (χ1n) is 8.97. The minimum absolute atomic E-state index is 0.0238. The summed E-state index contributed by atoms with van der Waals surface area (Å²) in [5.74, 6) is 1.20. The molecule has 0 bridgehead atoms. The molecule has 0 radical (unpaired) electrons. The molecule has 1 N–H and O–H groups in total. The number of H-pyrrole nitrogens is 1. The summed E-state index contributed by atoms with van der Waals surface area (Å²) >= 11 is 0. The predicted octanol–water partition coefficient (Wildman–Crippen LogP) is 4.47. The van der Waals surface area contributed by atoms with Crippen molar-refractivity contribution in [2.75, 3.05) is 0 Å². The van der Waals surface area contributed by atoms with Gasteiger partial charge in [-0.15, -0.1) is 0 Å². The molecule has 0 aliphatic heterocycles. The monoisotopic (exact) mass is 372 g/mol. The molecule has 28 heavy (non-hydrogen) atoms. The second kappa shape index (κ2) is 8.36. The lowest BCUT2D eigenvalue weighted by atomic mass is 10.0. The molecule has 0 unspecified atom stereocenters.